The summed E-state index contributed by atoms with van der Waals surface area (Å²) in [6.07, 6.45) is 1.38. The summed E-state index contributed by atoms with van der Waals surface area (Å²) in [5.41, 5.74) is 0.348. The zero-order valence-corrected chi connectivity index (χ0v) is 11.2. The third-order valence-corrected chi connectivity index (χ3v) is 3.01. The second kappa shape index (κ2) is 6.12. The molecule has 0 fully saturated rings. The first-order valence-electron chi connectivity index (χ1n) is 6.17. The van der Waals surface area contributed by atoms with Gasteiger partial charge in [-0.25, -0.2) is 14.4 Å². The van der Waals surface area contributed by atoms with Crippen molar-refractivity contribution in [3.8, 4) is 0 Å². The normalized spacial score (nSPS) is 14.5. The molecule has 1 heterocycles. The van der Waals surface area contributed by atoms with Crippen LogP contribution in [0.25, 0.3) is 0 Å². The molecule has 0 saturated carbocycles. The van der Waals surface area contributed by atoms with Crippen molar-refractivity contribution in [3.63, 3.8) is 0 Å². The maximum Gasteiger partial charge on any atom is 0.397 e. The van der Waals surface area contributed by atoms with Gasteiger partial charge in [0.05, 0.1) is 4.92 Å². The van der Waals surface area contributed by atoms with Crippen LogP contribution in [0, 0.1) is 10.1 Å². The zero-order chi connectivity index (χ0) is 16.3. The predicted octanol–water partition coefficient (Wildman–Crippen LogP) is 0.105. The van der Waals surface area contributed by atoms with Crippen LogP contribution in [-0.4, -0.2) is 44.7 Å². The largest absolute Gasteiger partial charge is 0.476 e. The summed E-state index contributed by atoms with van der Waals surface area (Å²) >= 11 is 0. The number of carbonyl (C=O) groups is 3. The molecule has 0 aliphatic carbocycles. The Hall–Kier alpha value is -3.10. The number of rotatable bonds is 6. The molecule has 1 aromatic carbocycles. The van der Waals surface area contributed by atoms with Crippen molar-refractivity contribution < 1.29 is 33.7 Å². The molecule has 1 aromatic rings. The number of nitro groups is 1. The fraction of sp³-hybridized carbons (Fsp3) is 0.231. The van der Waals surface area contributed by atoms with Crippen LogP contribution in [0.5, 0.6) is 0 Å². The number of aliphatic carboxylic acids is 1. The smallest absolute Gasteiger partial charge is 0.397 e. The highest BCUT2D eigenvalue weighted by Gasteiger charge is 2.46. The van der Waals surface area contributed by atoms with Crippen molar-refractivity contribution in [1.29, 1.82) is 0 Å². The Bertz CT molecular complexity index is 678. The van der Waals surface area contributed by atoms with Gasteiger partial charge >= 0.3 is 23.9 Å². The van der Waals surface area contributed by atoms with Crippen molar-refractivity contribution in [2.45, 2.75) is 19.1 Å². The van der Waals surface area contributed by atoms with Crippen molar-refractivity contribution in [2.24, 2.45) is 0 Å². The summed E-state index contributed by atoms with van der Waals surface area (Å²) < 4.78 is 5.66. The molecule has 1 aliphatic rings. The van der Waals surface area contributed by atoms with E-state index in [1.54, 1.807) is 0 Å². The minimum Gasteiger partial charge on any atom is -0.476 e. The topological polar surface area (TPSA) is 127 Å². The maximum absolute atomic E-state index is 11.8. The van der Waals surface area contributed by atoms with Crippen molar-refractivity contribution >= 4 is 29.7 Å². The van der Waals surface area contributed by atoms with Crippen molar-refractivity contribution in [2.75, 3.05) is 0 Å². The van der Waals surface area contributed by atoms with E-state index < -0.39 is 28.8 Å². The first-order chi connectivity index (χ1) is 10.4. The summed E-state index contributed by atoms with van der Waals surface area (Å²) in [6, 6.07) is 3.55. The number of amides is 1. The Morgan fingerprint density at radius 3 is 2.41 bits per heavy atom. The molecule has 1 N–H and O–H groups in total. The highest BCUT2D eigenvalue weighted by molar-refractivity contribution is 6.02. The molecular formula is C13H11N2O7+. The van der Waals surface area contributed by atoms with E-state index in [9.17, 15) is 24.5 Å². The quantitative estimate of drug-likeness (QED) is 0.260. The van der Waals surface area contributed by atoms with Gasteiger partial charge in [-0.05, 0) is 17.7 Å². The van der Waals surface area contributed by atoms with Gasteiger partial charge in [-0.15, -0.1) is 4.58 Å². The number of nitrogens with zero attached hydrogens (tertiary/aromatic N) is 2. The average Bonchev–Trinajstić information content (AvgIpc) is 2.48. The average molecular weight is 307 g/mol. The number of hydrogen-bond donors (Lipinski definition) is 1. The minimum absolute atomic E-state index is 0.0828. The SMILES string of the molecule is O=C(O)C(C(=O)OCc1ccc([N+](=O)[O-])cc1)[N+]1=CCC1=O. The number of esters is 1. The Balaban J connectivity index is 2.00. The molecule has 9 nitrogen and oxygen atoms in total. The van der Waals surface area contributed by atoms with E-state index in [-0.39, 0.29) is 18.7 Å². The summed E-state index contributed by atoms with van der Waals surface area (Å²) in [7, 11) is 0. The molecule has 0 bridgehead atoms. The first kappa shape index (κ1) is 15.3. The van der Waals surface area contributed by atoms with Crippen LogP contribution in [-0.2, 0) is 25.7 Å². The van der Waals surface area contributed by atoms with Gasteiger partial charge in [0, 0.05) is 12.1 Å². The number of benzene rings is 1. The van der Waals surface area contributed by atoms with E-state index in [0.717, 1.165) is 4.58 Å². The van der Waals surface area contributed by atoms with E-state index in [4.69, 9.17) is 9.84 Å². The van der Waals surface area contributed by atoms with Crippen LogP contribution >= 0.6 is 0 Å². The highest BCUT2D eigenvalue weighted by Crippen LogP contribution is 2.13. The van der Waals surface area contributed by atoms with Crippen LogP contribution in [0.3, 0.4) is 0 Å². The van der Waals surface area contributed by atoms with Gasteiger partial charge in [-0.1, -0.05) is 0 Å². The minimum atomic E-state index is -1.71. The first-order valence-corrected chi connectivity index (χ1v) is 6.17. The van der Waals surface area contributed by atoms with Gasteiger partial charge in [-0.3, -0.25) is 10.1 Å². The molecule has 2 rings (SSSR count). The van der Waals surface area contributed by atoms with E-state index in [1.807, 2.05) is 0 Å². The van der Waals surface area contributed by atoms with Gasteiger partial charge in [-0.2, -0.15) is 0 Å². The number of non-ortho nitro benzene ring substituents is 1. The van der Waals surface area contributed by atoms with Crippen LogP contribution < -0.4 is 0 Å². The molecule has 22 heavy (non-hydrogen) atoms. The fourth-order valence-electron chi connectivity index (χ4n) is 1.80. The lowest BCUT2D eigenvalue weighted by Gasteiger charge is -2.13. The molecule has 1 aliphatic heterocycles. The van der Waals surface area contributed by atoms with E-state index in [1.165, 1.54) is 30.5 Å². The zero-order valence-electron chi connectivity index (χ0n) is 11.2. The van der Waals surface area contributed by atoms with Gasteiger partial charge in [0.1, 0.15) is 6.61 Å². The number of carboxylic acids is 1. The van der Waals surface area contributed by atoms with Crippen LogP contribution in [0.1, 0.15) is 12.0 Å². The monoisotopic (exact) mass is 307 g/mol. The van der Waals surface area contributed by atoms with E-state index in [2.05, 4.69) is 0 Å². The van der Waals surface area contributed by atoms with Gasteiger partial charge in [0.25, 0.3) is 5.69 Å². The number of hydrogen-bond acceptors (Lipinski definition) is 6. The number of carbonyl (C=O) groups excluding carboxylic acids is 2. The van der Waals surface area contributed by atoms with Crippen molar-refractivity contribution in [3.05, 3.63) is 39.9 Å². The summed E-state index contributed by atoms with van der Waals surface area (Å²) in [6.45, 7) is -0.247. The van der Waals surface area contributed by atoms with Crippen LogP contribution in [0.4, 0.5) is 5.69 Å². The van der Waals surface area contributed by atoms with Crippen LogP contribution in [0.15, 0.2) is 24.3 Å². The second-order valence-corrected chi connectivity index (χ2v) is 4.46. The Labute approximate surface area is 123 Å². The molecular weight excluding hydrogens is 296 g/mol. The maximum atomic E-state index is 11.8. The summed E-state index contributed by atoms with van der Waals surface area (Å²) in [4.78, 5) is 44.0. The molecule has 9 heteroatoms. The fourth-order valence-corrected chi connectivity index (χ4v) is 1.80. The second-order valence-electron chi connectivity index (χ2n) is 4.46. The Kier molecular flexibility index (Phi) is 4.25. The summed E-state index contributed by atoms with van der Waals surface area (Å²) in [5.74, 6) is -3.03. The number of carboxylic acid groups (broad SMARTS) is 1. The molecule has 0 radical (unpaired) electrons. The highest BCUT2D eigenvalue weighted by atomic mass is 16.6. The van der Waals surface area contributed by atoms with Crippen molar-refractivity contribution in [1.82, 2.24) is 0 Å². The van der Waals surface area contributed by atoms with Gasteiger partial charge in [0.2, 0.25) is 0 Å². The van der Waals surface area contributed by atoms with Gasteiger partial charge < -0.3 is 9.84 Å². The Morgan fingerprint density at radius 1 is 1.36 bits per heavy atom. The third-order valence-electron chi connectivity index (χ3n) is 3.01. The lowest BCUT2D eigenvalue weighted by molar-refractivity contribution is -0.479. The molecule has 1 amide bonds. The lowest BCUT2D eigenvalue weighted by Crippen LogP contribution is -2.49. The van der Waals surface area contributed by atoms with Gasteiger partial charge in [0.15, 0.2) is 12.6 Å². The molecule has 0 aromatic heterocycles. The molecule has 1 unspecified atom stereocenters. The van der Waals surface area contributed by atoms with E-state index >= 15 is 0 Å². The molecule has 114 valence electrons. The molecule has 0 saturated heterocycles. The Morgan fingerprint density at radius 2 is 2.00 bits per heavy atom. The molecule has 1 atom stereocenters. The predicted molar refractivity (Wildman–Crippen MR) is 70.3 cm³/mol. The van der Waals surface area contributed by atoms with E-state index in [0.29, 0.717) is 5.56 Å². The number of ether oxygens (including phenoxy) is 1. The number of nitro benzene ring substituents is 1. The summed E-state index contributed by atoms with van der Waals surface area (Å²) in [5, 5.41) is 19.5. The van der Waals surface area contributed by atoms with Crippen LogP contribution in [0.2, 0.25) is 0 Å². The molecule has 0 spiro atoms. The lowest BCUT2D eigenvalue weighted by atomic mass is 10.2. The standard InChI is InChI=1S/C13H10N2O7/c16-10-5-6-14(10)11(12(17)18)13(19)22-7-8-1-3-9(4-2-8)15(20)21/h1-4,6,11H,5,7H2/p+1. The third kappa shape index (κ3) is 3.14.